The van der Waals surface area contributed by atoms with Crippen molar-refractivity contribution in [2.24, 2.45) is 0 Å². The van der Waals surface area contributed by atoms with Crippen molar-refractivity contribution in [1.29, 1.82) is 0 Å². The van der Waals surface area contributed by atoms with Crippen LogP contribution >= 0.6 is 11.5 Å². The molecule has 1 aromatic heterocycles. The molecule has 0 atom stereocenters. The second kappa shape index (κ2) is 5.59. The third-order valence-electron chi connectivity index (χ3n) is 2.36. The van der Waals surface area contributed by atoms with Crippen LogP contribution in [0.5, 0.6) is 0 Å². The van der Waals surface area contributed by atoms with Gasteiger partial charge >= 0.3 is 5.97 Å². The van der Waals surface area contributed by atoms with Gasteiger partial charge in [-0.3, -0.25) is 4.79 Å². The van der Waals surface area contributed by atoms with Gasteiger partial charge in [0.25, 0.3) is 0 Å². The van der Waals surface area contributed by atoms with Crippen LogP contribution in [0.2, 0.25) is 0 Å². The Hall–Kier alpha value is -1.95. The number of anilines is 1. The van der Waals surface area contributed by atoms with E-state index in [0.717, 1.165) is 11.4 Å². The Morgan fingerprint density at radius 2 is 2.11 bits per heavy atom. The van der Waals surface area contributed by atoms with Gasteiger partial charge in [-0.2, -0.15) is 4.37 Å². The highest BCUT2D eigenvalue weighted by Crippen LogP contribution is 2.17. The van der Waals surface area contributed by atoms with Crippen molar-refractivity contribution in [3.8, 4) is 0 Å². The lowest BCUT2D eigenvalue weighted by molar-refractivity contribution is -0.135. The number of aliphatic carboxylic acids is 1. The van der Waals surface area contributed by atoms with Gasteiger partial charge in [0.05, 0.1) is 0 Å². The maximum absolute atomic E-state index is 10.6. The molecule has 0 bridgehead atoms. The van der Waals surface area contributed by atoms with Crippen LogP contribution in [-0.4, -0.2) is 34.0 Å². The third kappa shape index (κ3) is 3.27. The van der Waals surface area contributed by atoms with E-state index in [-0.39, 0.29) is 6.54 Å². The molecule has 0 saturated carbocycles. The van der Waals surface area contributed by atoms with E-state index in [0.29, 0.717) is 11.6 Å². The molecule has 1 aromatic carbocycles. The van der Waals surface area contributed by atoms with E-state index in [2.05, 4.69) is 9.36 Å². The van der Waals surface area contributed by atoms with Crippen LogP contribution in [0.15, 0.2) is 30.3 Å². The van der Waals surface area contributed by atoms with Crippen molar-refractivity contribution in [3.63, 3.8) is 0 Å². The predicted octanol–water partition coefficient (Wildman–Crippen LogP) is 1.65. The number of carboxylic acids is 1. The average Bonchev–Trinajstić information content (AvgIpc) is 2.78. The van der Waals surface area contributed by atoms with Crippen molar-refractivity contribution in [2.45, 2.75) is 6.42 Å². The Morgan fingerprint density at radius 3 is 2.78 bits per heavy atom. The number of hydrogen-bond acceptors (Lipinski definition) is 5. The van der Waals surface area contributed by atoms with Gasteiger partial charge in [0.1, 0.15) is 12.4 Å². The van der Waals surface area contributed by atoms with E-state index < -0.39 is 5.97 Å². The lowest BCUT2D eigenvalue weighted by Crippen LogP contribution is -2.24. The van der Waals surface area contributed by atoms with Crippen molar-refractivity contribution in [3.05, 3.63) is 41.7 Å². The number of benzene rings is 1. The molecule has 2 aromatic rings. The fourth-order valence-electron chi connectivity index (χ4n) is 1.52. The molecule has 1 heterocycles. The van der Waals surface area contributed by atoms with E-state index in [9.17, 15) is 4.79 Å². The average molecular weight is 263 g/mol. The first-order chi connectivity index (χ1) is 8.65. The Bertz CT molecular complexity index is 527. The number of hydrogen-bond donors (Lipinski definition) is 1. The van der Waals surface area contributed by atoms with E-state index in [1.807, 2.05) is 30.3 Å². The molecule has 6 heteroatoms. The van der Waals surface area contributed by atoms with Gasteiger partial charge in [-0.25, -0.2) is 4.98 Å². The molecule has 0 aliphatic rings. The maximum atomic E-state index is 10.6. The van der Waals surface area contributed by atoms with Gasteiger partial charge in [-0.15, -0.1) is 0 Å². The highest BCUT2D eigenvalue weighted by atomic mass is 32.1. The molecule has 0 spiro atoms. The number of carbonyl (C=O) groups is 1. The fraction of sp³-hybridized carbons (Fsp3) is 0.250. The maximum Gasteiger partial charge on any atom is 0.323 e. The summed E-state index contributed by atoms with van der Waals surface area (Å²) < 4.78 is 4.24. The Labute approximate surface area is 109 Å². The second-order valence-corrected chi connectivity index (χ2v) is 4.64. The summed E-state index contributed by atoms with van der Waals surface area (Å²) in [6.45, 7) is -0.0695. The standard InChI is InChI=1S/C12H13N3O2S/c1-15(8-11(16)17)12-13-10(14-18-12)7-9-5-3-2-4-6-9/h2-6H,7-8H2,1H3,(H,16,17). The molecule has 0 unspecified atom stereocenters. The summed E-state index contributed by atoms with van der Waals surface area (Å²) in [5, 5.41) is 9.33. The number of rotatable bonds is 5. The normalized spacial score (nSPS) is 10.3. The zero-order chi connectivity index (χ0) is 13.0. The largest absolute Gasteiger partial charge is 0.480 e. The highest BCUT2D eigenvalue weighted by molar-refractivity contribution is 7.09. The zero-order valence-electron chi connectivity index (χ0n) is 9.91. The fourth-order valence-corrected chi connectivity index (χ4v) is 2.16. The van der Waals surface area contributed by atoms with Crippen LogP contribution in [0, 0.1) is 0 Å². The monoisotopic (exact) mass is 263 g/mol. The predicted molar refractivity (Wildman–Crippen MR) is 70.1 cm³/mol. The molecule has 0 fully saturated rings. The van der Waals surface area contributed by atoms with Crippen molar-refractivity contribution < 1.29 is 9.90 Å². The lowest BCUT2D eigenvalue weighted by Gasteiger charge is -2.10. The molecule has 0 aliphatic heterocycles. The van der Waals surface area contributed by atoms with Crippen molar-refractivity contribution >= 4 is 22.6 Å². The van der Waals surface area contributed by atoms with Crippen LogP contribution in [0.25, 0.3) is 0 Å². The summed E-state index contributed by atoms with van der Waals surface area (Å²) in [6, 6.07) is 9.94. The van der Waals surface area contributed by atoms with Gasteiger partial charge in [0, 0.05) is 25.0 Å². The van der Waals surface area contributed by atoms with Crippen LogP contribution < -0.4 is 4.90 Å². The third-order valence-corrected chi connectivity index (χ3v) is 3.23. The van der Waals surface area contributed by atoms with Crippen molar-refractivity contribution in [2.75, 3.05) is 18.5 Å². The smallest absolute Gasteiger partial charge is 0.323 e. The Kier molecular flexibility index (Phi) is 3.88. The minimum atomic E-state index is -0.877. The van der Waals surface area contributed by atoms with Gasteiger partial charge in [0.15, 0.2) is 0 Å². The quantitative estimate of drug-likeness (QED) is 0.888. The molecule has 18 heavy (non-hydrogen) atoms. The summed E-state index contributed by atoms with van der Waals surface area (Å²) in [7, 11) is 1.70. The van der Waals surface area contributed by atoms with Crippen molar-refractivity contribution in [1.82, 2.24) is 9.36 Å². The van der Waals surface area contributed by atoms with E-state index in [1.165, 1.54) is 11.5 Å². The zero-order valence-corrected chi connectivity index (χ0v) is 10.7. The summed E-state index contributed by atoms with van der Waals surface area (Å²) in [5.74, 6) is -0.157. The Balaban J connectivity index is 2.04. The van der Waals surface area contributed by atoms with Gasteiger partial charge in [-0.1, -0.05) is 30.3 Å². The summed E-state index contributed by atoms with van der Waals surface area (Å²) >= 11 is 1.22. The minimum Gasteiger partial charge on any atom is -0.480 e. The summed E-state index contributed by atoms with van der Waals surface area (Å²) in [6.07, 6.45) is 0.665. The lowest BCUT2D eigenvalue weighted by atomic mass is 10.1. The molecule has 0 amide bonds. The van der Waals surface area contributed by atoms with Crippen LogP contribution in [-0.2, 0) is 11.2 Å². The van der Waals surface area contributed by atoms with Crippen LogP contribution in [0.1, 0.15) is 11.4 Å². The summed E-state index contributed by atoms with van der Waals surface area (Å²) in [4.78, 5) is 16.5. The van der Waals surface area contributed by atoms with E-state index in [4.69, 9.17) is 5.11 Å². The van der Waals surface area contributed by atoms with E-state index >= 15 is 0 Å². The number of likely N-dealkylation sites (N-methyl/N-ethyl adjacent to an activating group) is 1. The SMILES string of the molecule is CN(CC(=O)O)c1nc(Cc2ccccc2)ns1. The molecule has 94 valence electrons. The highest BCUT2D eigenvalue weighted by Gasteiger charge is 2.11. The number of carboxylic acid groups (broad SMARTS) is 1. The molecule has 1 N–H and O–H groups in total. The summed E-state index contributed by atoms with van der Waals surface area (Å²) in [5.41, 5.74) is 1.14. The molecular weight excluding hydrogens is 250 g/mol. The molecule has 0 saturated heterocycles. The molecular formula is C12H13N3O2S. The molecule has 0 radical (unpaired) electrons. The first-order valence-corrected chi connectivity index (χ1v) is 6.22. The van der Waals surface area contributed by atoms with E-state index in [1.54, 1.807) is 11.9 Å². The van der Waals surface area contributed by atoms with Crippen LogP contribution in [0.3, 0.4) is 0 Å². The first-order valence-electron chi connectivity index (χ1n) is 5.44. The second-order valence-electron chi connectivity index (χ2n) is 3.91. The Morgan fingerprint density at radius 1 is 1.39 bits per heavy atom. The molecule has 5 nitrogen and oxygen atoms in total. The molecule has 2 rings (SSSR count). The van der Waals surface area contributed by atoms with Gasteiger partial charge in [0.2, 0.25) is 5.13 Å². The first kappa shape index (κ1) is 12.5. The number of nitrogens with zero attached hydrogens (tertiary/aromatic N) is 3. The van der Waals surface area contributed by atoms with Crippen LogP contribution in [0.4, 0.5) is 5.13 Å². The minimum absolute atomic E-state index is 0.0695. The van der Waals surface area contributed by atoms with Gasteiger partial charge in [-0.05, 0) is 5.56 Å². The number of aromatic nitrogens is 2. The molecule has 0 aliphatic carbocycles. The van der Waals surface area contributed by atoms with Gasteiger partial charge < -0.3 is 10.0 Å². The topological polar surface area (TPSA) is 66.3 Å².